The number of nitrogens with zero attached hydrogens (tertiary/aromatic N) is 4. The first kappa shape index (κ1) is 18.2. The fourth-order valence-corrected chi connectivity index (χ4v) is 3.74. The molecule has 150 valence electrons. The van der Waals surface area contributed by atoms with E-state index in [1.807, 2.05) is 19.3 Å². The van der Waals surface area contributed by atoms with Gasteiger partial charge < -0.3 is 11.1 Å². The Morgan fingerprint density at radius 1 is 1.27 bits per heavy atom. The zero-order chi connectivity index (χ0) is 20.8. The smallest absolute Gasteiger partial charge is 0.229 e. The Morgan fingerprint density at radius 2 is 2.13 bits per heavy atom. The monoisotopic (exact) mass is 402 g/mol. The third-order valence-corrected chi connectivity index (χ3v) is 5.40. The second-order valence-corrected chi connectivity index (χ2v) is 7.58. The van der Waals surface area contributed by atoms with E-state index in [4.69, 9.17) is 5.73 Å². The van der Waals surface area contributed by atoms with Crippen molar-refractivity contribution in [2.45, 2.75) is 12.3 Å². The highest BCUT2D eigenvalue weighted by Gasteiger charge is 2.44. The Labute approximate surface area is 171 Å². The van der Waals surface area contributed by atoms with Crippen molar-refractivity contribution in [3.8, 4) is 11.3 Å². The number of nitrogens with two attached hydrogens (primary N) is 1. The molecule has 5 rings (SSSR count). The first-order valence-electron chi connectivity index (χ1n) is 9.59. The summed E-state index contributed by atoms with van der Waals surface area (Å²) in [6.45, 7) is 0. The van der Waals surface area contributed by atoms with Gasteiger partial charge in [-0.3, -0.25) is 9.48 Å². The average molecular weight is 402 g/mol. The molecule has 0 aliphatic heterocycles. The molecule has 0 spiro atoms. The molecule has 1 aliphatic rings. The molecule has 0 saturated heterocycles. The lowest BCUT2D eigenvalue weighted by Gasteiger charge is -2.09. The van der Waals surface area contributed by atoms with Crippen molar-refractivity contribution in [1.82, 2.24) is 19.7 Å². The number of aromatic nitrogens is 4. The topological polar surface area (TPSA) is 98.7 Å². The maximum absolute atomic E-state index is 13.6. The van der Waals surface area contributed by atoms with Crippen LogP contribution in [0.25, 0.3) is 22.0 Å². The summed E-state index contributed by atoms with van der Waals surface area (Å²) >= 11 is 0. The van der Waals surface area contributed by atoms with E-state index in [2.05, 4.69) is 20.4 Å². The molecule has 4 aromatic rings. The second-order valence-electron chi connectivity index (χ2n) is 7.58. The van der Waals surface area contributed by atoms with Crippen molar-refractivity contribution in [1.29, 1.82) is 0 Å². The molecule has 2 atom stereocenters. The van der Waals surface area contributed by atoms with Crippen LogP contribution in [0.15, 0.2) is 55.0 Å². The van der Waals surface area contributed by atoms with Crippen LogP contribution < -0.4 is 11.1 Å². The van der Waals surface area contributed by atoms with E-state index in [-0.39, 0.29) is 23.6 Å². The quantitative estimate of drug-likeness (QED) is 0.544. The molecule has 3 N–H and O–H groups in total. The van der Waals surface area contributed by atoms with Crippen molar-refractivity contribution < 1.29 is 9.18 Å². The van der Waals surface area contributed by atoms with E-state index in [0.717, 1.165) is 17.4 Å². The van der Waals surface area contributed by atoms with Crippen LogP contribution in [0, 0.1) is 11.7 Å². The number of anilines is 2. The van der Waals surface area contributed by atoms with Gasteiger partial charge in [-0.05, 0) is 47.6 Å². The number of aryl methyl sites for hydroxylation is 1. The molecule has 1 fully saturated rings. The zero-order valence-electron chi connectivity index (χ0n) is 16.2. The summed E-state index contributed by atoms with van der Waals surface area (Å²) in [7, 11) is 1.86. The maximum atomic E-state index is 13.6. The number of fused-ring (bicyclic) bond motifs is 1. The number of amides is 1. The minimum absolute atomic E-state index is 0.0666. The highest BCUT2D eigenvalue weighted by Crippen LogP contribution is 2.47. The van der Waals surface area contributed by atoms with Crippen LogP contribution in [-0.2, 0) is 11.8 Å². The summed E-state index contributed by atoms with van der Waals surface area (Å²) in [6, 6.07) is 9.75. The van der Waals surface area contributed by atoms with Crippen molar-refractivity contribution >= 4 is 28.3 Å². The summed E-state index contributed by atoms with van der Waals surface area (Å²) < 4.78 is 15.3. The number of nitrogens with one attached hydrogen (secondary N) is 1. The molecule has 0 unspecified atom stereocenters. The van der Waals surface area contributed by atoms with E-state index >= 15 is 0 Å². The molecule has 1 saturated carbocycles. The van der Waals surface area contributed by atoms with Gasteiger partial charge in [-0.25, -0.2) is 14.4 Å². The highest BCUT2D eigenvalue weighted by atomic mass is 19.1. The van der Waals surface area contributed by atoms with Crippen molar-refractivity contribution in [2.75, 3.05) is 11.1 Å². The Hall–Kier alpha value is -3.81. The Kier molecular flexibility index (Phi) is 4.20. The normalized spacial score (nSPS) is 17.8. The molecular formula is C22H19FN6O. The van der Waals surface area contributed by atoms with Crippen molar-refractivity contribution in [3.63, 3.8) is 0 Å². The largest absolute Gasteiger partial charge is 0.383 e. The van der Waals surface area contributed by atoms with Crippen LogP contribution >= 0.6 is 0 Å². The van der Waals surface area contributed by atoms with E-state index in [0.29, 0.717) is 28.3 Å². The van der Waals surface area contributed by atoms with Gasteiger partial charge in [0, 0.05) is 36.3 Å². The molecular weight excluding hydrogens is 383 g/mol. The van der Waals surface area contributed by atoms with Crippen LogP contribution in [0.5, 0.6) is 0 Å². The number of nitrogen functional groups attached to an aromatic ring is 1. The second kappa shape index (κ2) is 6.91. The molecule has 1 aromatic carbocycles. The van der Waals surface area contributed by atoms with Crippen LogP contribution in [-0.4, -0.2) is 25.7 Å². The highest BCUT2D eigenvalue weighted by molar-refractivity contribution is 5.98. The number of hydrogen-bond acceptors (Lipinski definition) is 5. The van der Waals surface area contributed by atoms with Gasteiger partial charge in [-0.15, -0.1) is 0 Å². The number of halogens is 1. The average Bonchev–Trinajstić information content (AvgIpc) is 3.41. The van der Waals surface area contributed by atoms with Gasteiger partial charge in [0.1, 0.15) is 17.5 Å². The number of carbonyl (C=O) groups is 1. The molecule has 8 heteroatoms. The maximum Gasteiger partial charge on any atom is 0.229 e. The first-order chi connectivity index (χ1) is 14.5. The van der Waals surface area contributed by atoms with Crippen LogP contribution in [0.1, 0.15) is 17.9 Å². The minimum atomic E-state index is -0.344. The van der Waals surface area contributed by atoms with Crippen LogP contribution in [0.3, 0.4) is 0 Å². The summed E-state index contributed by atoms with van der Waals surface area (Å²) in [4.78, 5) is 21.3. The van der Waals surface area contributed by atoms with Crippen LogP contribution in [0.4, 0.5) is 16.0 Å². The SMILES string of the molecule is Cn1cc([C@H]2C[C@@H]2C(=O)Nc2cc3cc(-c4cccc(F)c4)nc(N)c3cn2)cn1. The third-order valence-electron chi connectivity index (χ3n) is 5.40. The van der Waals surface area contributed by atoms with E-state index in [9.17, 15) is 9.18 Å². The molecule has 7 nitrogen and oxygen atoms in total. The standard InChI is InChI=1S/C22H19FN6O/c1-29-11-14(9-26-29)16-8-17(16)22(30)28-20-7-13-6-19(12-3-2-4-15(23)5-12)27-21(24)18(13)10-25-20/h2-7,9-11,16-17H,8H2,1H3,(H2,24,27)(H,25,28,30)/t16-,17+/m1/s1. The minimum Gasteiger partial charge on any atom is -0.383 e. The predicted molar refractivity (Wildman–Crippen MR) is 112 cm³/mol. The fraction of sp³-hybridized carbons (Fsp3) is 0.182. The lowest BCUT2D eigenvalue weighted by Crippen LogP contribution is -2.15. The van der Waals surface area contributed by atoms with E-state index < -0.39 is 0 Å². The predicted octanol–water partition coefficient (Wildman–Crippen LogP) is 3.49. The molecule has 1 amide bonds. The molecule has 3 aromatic heterocycles. The number of rotatable bonds is 4. The Bertz CT molecular complexity index is 1280. The van der Waals surface area contributed by atoms with Gasteiger partial charge in [-0.2, -0.15) is 5.10 Å². The number of pyridine rings is 2. The summed E-state index contributed by atoms with van der Waals surface area (Å²) in [5.74, 6) is 0.443. The third kappa shape index (κ3) is 3.36. The van der Waals surface area contributed by atoms with E-state index in [1.54, 1.807) is 35.3 Å². The summed E-state index contributed by atoms with van der Waals surface area (Å²) in [5.41, 5.74) is 8.34. The van der Waals surface area contributed by atoms with Gasteiger partial charge in [0.2, 0.25) is 5.91 Å². The number of hydrogen-bond donors (Lipinski definition) is 2. The summed E-state index contributed by atoms with van der Waals surface area (Å²) in [6.07, 6.45) is 6.13. The van der Waals surface area contributed by atoms with Gasteiger partial charge in [0.05, 0.1) is 11.9 Å². The molecule has 0 radical (unpaired) electrons. The molecule has 30 heavy (non-hydrogen) atoms. The first-order valence-corrected chi connectivity index (χ1v) is 9.59. The fourth-order valence-electron chi connectivity index (χ4n) is 3.74. The molecule has 0 bridgehead atoms. The lowest BCUT2D eigenvalue weighted by molar-refractivity contribution is -0.117. The van der Waals surface area contributed by atoms with Gasteiger partial charge in [0.25, 0.3) is 0 Å². The Morgan fingerprint density at radius 3 is 2.90 bits per heavy atom. The van der Waals surface area contributed by atoms with Gasteiger partial charge in [-0.1, -0.05) is 12.1 Å². The lowest BCUT2D eigenvalue weighted by atomic mass is 10.1. The van der Waals surface area contributed by atoms with Gasteiger partial charge >= 0.3 is 0 Å². The zero-order valence-corrected chi connectivity index (χ0v) is 16.2. The van der Waals surface area contributed by atoms with Crippen molar-refractivity contribution in [3.05, 3.63) is 66.4 Å². The number of carbonyl (C=O) groups excluding carboxylic acids is 1. The van der Waals surface area contributed by atoms with Gasteiger partial charge in [0.15, 0.2) is 0 Å². The van der Waals surface area contributed by atoms with Crippen molar-refractivity contribution in [2.24, 2.45) is 13.0 Å². The Balaban J connectivity index is 1.39. The van der Waals surface area contributed by atoms with Crippen LogP contribution in [0.2, 0.25) is 0 Å². The molecule has 1 aliphatic carbocycles. The summed E-state index contributed by atoms with van der Waals surface area (Å²) in [5, 5.41) is 8.50. The van der Waals surface area contributed by atoms with E-state index in [1.165, 1.54) is 12.1 Å². The molecule has 3 heterocycles. The number of benzene rings is 1.